The fourth-order valence-electron chi connectivity index (χ4n) is 2.63. The number of rotatable bonds is 6. The molecule has 3 N–H and O–H groups in total. The molecule has 7 heteroatoms. The number of ketones is 1. The molecular formula is C22H20N4O3. The molecule has 0 atom stereocenters. The van der Waals surface area contributed by atoms with E-state index in [0.29, 0.717) is 22.6 Å². The molecule has 2 aromatic carbocycles. The highest BCUT2D eigenvalue weighted by Crippen LogP contribution is 2.20. The molecule has 3 rings (SSSR count). The highest BCUT2D eigenvalue weighted by atomic mass is 16.2. The second-order valence-electron chi connectivity index (χ2n) is 6.41. The molecule has 0 aliphatic rings. The normalized spacial score (nSPS) is 10.1. The number of aromatic nitrogens is 1. The van der Waals surface area contributed by atoms with E-state index in [9.17, 15) is 14.4 Å². The van der Waals surface area contributed by atoms with E-state index in [0.717, 1.165) is 5.69 Å². The van der Waals surface area contributed by atoms with Gasteiger partial charge in [-0.2, -0.15) is 0 Å². The minimum atomic E-state index is -0.347. The second kappa shape index (κ2) is 8.79. The molecule has 2 amide bonds. The monoisotopic (exact) mass is 388 g/mol. The van der Waals surface area contributed by atoms with E-state index < -0.39 is 0 Å². The van der Waals surface area contributed by atoms with Crippen LogP contribution in [0.2, 0.25) is 0 Å². The maximum absolute atomic E-state index is 12.3. The Labute approximate surface area is 168 Å². The first-order valence-corrected chi connectivity index (χ1v) is 8.94. The Hall–Kier alpha value is -4.00. The zero-order valence-electron chi connectivity index (χ0n) is 16.0. The molecule has 0 saturated carbocycles. The summed E-state index contributed by atoms with van der Waals surface area (Å²) in [6, 6.07) is 17.3. The van der Waals surface area contributed by atoms with Crippen molar-refractivity contribution in [3.8, 4) is 0 Å². The summed E-state index contributed by atoms with van der Waals surface area (Å²) >= 11 is 0. The van der Waals surface area contributed by atoms with Gasteiger partial charge in [-0.25, -0.2) is 4.98 Å². The van der Waals surface area contributed by atoms with Crippen LogP contribution in [0.25, 0.3) is 0 Å². The number of benzene rings is 2. The first-order valence-electron chi connectivity index (χ1n) is 8.94. The van der Waals surface area contributed by atoms with Crippen LogP contribution in [-0.4, -0.2) is 22.6 Å². The number of Topliss-reactive ketones (excluding diaryl/α,β-unsaturated/α-hetero) is 1. The molecule has 146 valence electrons. The van der Waals surface area contributed by atoms with Crippen molar-refractivity contribution in [1.82, 2.24) is 4.98 Å². The Morgan fingerprint density at radius 2 is 1.45 bits per heavy atom. The molecule has 0 bridgehead atoms. The van der Waals surface area contributed by atoms with Crippen LogP contribution in [0.4, 0.5) is 22.7 Å². The maximum atomic E-state index is 12.3. The van der Waals surface area contributed by atoms with Gasteiger partial charge in [0.15, 0.2) is 5.78 Å². The fourth-order valence-corrected chi connectivity index (χ4v) is 2.63. The first kappa shape index (κ1) is 19.8. The Kier molecular flexibility index (Phi) is 5.99. The van der Waals surface area contributed by atoms with E-state index in [4.69, 9.17) is 0 Å². The third-order valence-electron chi connectivity index (χ3n) is 4.02. The van der Waals surface area contributed by atoms with Crippen molar-refractivity contribution in [3.05, 3.63) is 78.1 Å². The van der Waals surface area contributed by atoms with Crippen molar-refractivity contribution in [2.45, 2.75) is 13.8 Å². The SMILES string of the molecule is CC(=O)Nc1cccc(Nc2ccc(C(=O)Nc3ccc(C(C)=O)cc3)nc2)c1. The van der Waals surface area contributed by atoms with E-state index in [-0.39, 0.29) is 23.3 Å². The Balaban J connectivity index is 1.64. The number of nitrogens with one attached hydrogen (secondary N) is 3. The molecule has 0 aliphatic carbocycles. The zero-order chi connectivity index (χ0) is 20.8. The molecule has 7 nitrogen and oxygen atoms in total. The summed E-state index contributed by atoms with van der Waals surface area (Å²) in [7, 11) is 0. The van der Waals surface area contributed by atoms with Crippen LogP contribution in [0.1, 0.15) is 34.7 Å². The molecule has 0 fully saturated rings. The van der Waals surface area contributed by atoms with Crippen LogP contribution in [0.15, 0.2) is 66.9 Å². The van der Waals surface area contributed by atoms with Crippen LogP contribution in [0.3, 0.4) is 0 Å². The minimum Gasteiger partial charge on any atom is -0.354 e. The summed E-state index contributed by atoms with van der Waals surface area (Å²) < 4.78 is 0. The Morgan fingerprint density at radius 1 is 0.759 bits per heavy atom. The third kappa shape index (κ3) is 5.49. The van der Waals surface area contributed by atoms with Crippen molar-refractivity contribution >= 4 is 40.3 Å². The lowest BCUT2D eigenvalue weighted by Gasteiger charge is -2.09. The van der Waals surface area contributed by atoms with Crippen molar-refractivity contribution in [3.63, 3.8) is 0 Å². The largest absolute Gasteiger partial charge is 0.354 e. The number of amides is 2. The Morgan fingerprint density at radius 3 is 2.07 bits per heavy atom. The predicted molar refractivity (Wildman–Crippen MR) is 113 cm³/mol. The summed E-state index contributed by atoms with van der Waals surface area (Å²) in [5.74, 6) is -0.523. The van der Waals surface area contributed by atoms with Crippen LogP contribution in [-0.2, 0) is 4.79 Å². The fraction of sp³-hybridized carbons (Fsp3) is 0.0909. The Bertz CT molecular complexity index is 1040. The van der Waals surface area contributed by atoms with Gasteiger partial charge in [-0.3, -0.25) is 14.4 Å². The number of anilines is 4. The smallest absolute Gasteiger partial charge is 0.274 e. The second-order valence-corrected chi connectivity index (χ2v) is 6.41. The van der Waals surface area contributed by atoms with Gasteiger partial charge >= 0.3 is 0 Å². The molecule has 0 radical (unpaired) electrons. The topological polar surface area (TPSA) is 100 Å². The van der Waals surface area contributed by atoms with Gasteiger partial charge in [0.25, 0.3) is 5.91 Å². The van der Waals surface area contributed by atoms with Gasteiger partial charge < -0.3 is 16.0 Å². The number of pyridine rings is 1. The van der Waals surface area contributed by atoms with Gasteiger partial charge in [0.2, 0.25) is 5.91 Å². The highest BCUT2D eigenvalue weighted by molar-refractivity contribution is 6.03. The highest BCUT2D eigenvalue weighted by Gasteiger charge is 2.08. The van der Waals surface area contributed by atoms with E-state index >= 15 is 0 Å². The summed E-state index contributed by atoms with van der Waals surface area (Å²) in [6.45, 7) is 2.94. The first-order chi connectivity index (χ1) is 13.9. The van der Waals surface area contributed by atoms with E-state index in [1.165, 1.54) is 13.8 Å². The van der Waals surface area contributed by atoms with Gasteiger partial charge in [-0.1, -0.05) is 6.07 Å². The van der Waals surface area contributed by atoms with E-state index in [2.05, 4.69) is 20.9 Å². The third-order valence-corrected chi connectivity index (χ3v) is 4.02. The van der Waals surface area contributed by atoms with Crippen molar-refractivity contribution in [2.75, 3.05) is 16.0 Å². The van der Waals surface area contributed by atoms with Gasteiger partial charge in [0.05, 0.1) is 11.9 Å². The molecule has 1 aromatic heterocycles. The van der Waals surface area contributed by atoms with Gasteiger partial charge in [0, 0.05) is 29.5 Å². The number of carbonyl (C=O) groups is 3. The standard InChI is InChI=1S/C22H20N4O3/c1-14(27)16-6-8-17(9-7-16)26-22(29)21-11-10-20(13-23-21)25-19-5-3-4-18(12-19)24-15(2)28/h3-13,25H,1-2H3,(H,24,28)(H,26,29). The summed E-state index contributed by atoms with van der Waals surface area (Å²) in [5.41, 5.74) is 3.59. The lowest BCUT2D eigenvalue weighted by atomic mass is 10.1. The average molecular weight is 388 g/mol. The van der Waals surface area contributed by atoms with Gasteiger partial charge in [-0.05, 0) is 61.5 Å². The molecule has 0 spiro atoms. The van der Waals surface area contributed by atoms with Crippen LogP contribution in [0.5, 0.6) is 0 Å². The number of nitrogens with zero attached hydrogens (tertiary/aromatic N) is 1. The van der Waals surface area contributed by atoms with Crippen LogP contribution in [0, 0.1) is 0 Å². The van der Waals surface area contributed by atoms with Crippen LogP contribution >= 0.6 is 0 Å². The molecule has 3 aromatic rings. The molecule has 1 heterocycles. The molecular weight excluding hydrogens is 368 g/mol. The van der Waals surface area contributed by atoms with Gasteiger partial charge in [0.1, 0.15) is 5.69 Å². The van der Waals surface area contributed by atoms with E-state index in [1.807, 2.05) is 12.1 Å². The number of hydrogen-bond acceptors (Lipinski definition) is 5. The maximum Gasteiger partial charge on any atom is 0.274 e. The van der Waals surface area contributed by atoms with E-state index in [1.54, 1.807) is 54.7 Å². The lowest BCUT2D eigenvalue weighted by Crippen LogP contribution is -2.13. The van der Waals surface area contributed by atoms with Crippen molar-refractivity contribution < 1.29 is 14.4 Å². The van der Waals surface area contributed by atoms with Crippen LogP contribution < -0.4 is 16.0 Å². The average Bonchev–Trinajstić information content (AvgIpc) is 2.68. The molecule has 0 saturated heterocycles. The summed E-state index contributed by atoms with van der Waals surface area (Å²) in [6.07, 6.45) is 1.55. The quantitative estimate of drug-likeness (QED) is 0.549. The molecule has 29 heavy (non-hydrogen) atoms. The number of hydrogen-bond donors (Lipinski definition) is 3. The minimum absolute atomic E-state index is 0.0322. The van der Waals surface area contributed by atoms with Crippen molar-refractivity contribution in [1.29, 1.82) is 0 Å². The van der Waals surface area contributed by atoms with Gasteiger partial charge in [-0.15, -0.1) is 0 Å². The molecule has 0 unspecified atom stereocenters. The lowest BCUT2D eigenvalue weighted by molar-refractivity contribution is -0.114. The molecule has 0 aliphatic heterocycles. The summed E-state index contributed by atoms with van der Waals surface area (Å²) in [4.78, 5) is 39.0. The number of carbonyl (C=O) groups excluding carboxylic acids is 3. The zero-order valence-corrected chi connectivity index (χ0v) is 16.0. The predicted octanol–water partition coefficient (Wildman–Crippen LogP) is 4.24. The van der Waals surface area contributed by atoms with Crippen molar-refractivity contribution in [2.24, 2.45) is 0 Å². The summed E-state index contributed by atoms with van der Waals surface area (Å²) in [5, 5.41) is 8.64.